The van der Waals surface area contributed by atoms with E-state index in [0.29, 0.717) is 6.54 Å². The van der Waals surface area contributed by atoms with Crippen LogP contribution in [0.1, 0.15) is 19.4 Å². The van der Waals surface area contributed by atoms with Gasteiger partial charge in [0.2, 0.25) is 0 Å². The molecule has 100 valence electrons. The third-order valence-electron chi connectivity index (χ3n) is 2.13. The molecule has 1 aromatic rings. The summed E-state index contributed by atoms with van der Waals surface area (Å²) in [5, 5.41) is 2.58. The van der Waals surface area contributed by atoms with Gasteiger partial charge in [0.25, 0.3) is 0 Å². The number of hydrogen-bond donors (Lipinski definition) is 1. The Bertz CT molecular complexity index is 505. The molecule has 0 aliphatic rings. The number of hydrogen-bond acceptors (Lipinski definition) is 4. The van der Waals surface area contributed by atoms with E-state index >= 15 is 0 Å². The Morgan fingerprint density at radius 1 is 1.28 bits per heavy atom. The molecule has 0 radical (unpaired) electrons. The van der Waals surface area contributed by atoms with Crippen LogP contribution in [0.5, 0.6) is 0 Å². The standard InChI is InChI=1S/C12H17NO4S/c1-9(2)17-12(14)13-8-10-4-6-11(7-5-10)18(3,15)16/h4-7,9H,8H2,1-3H3,(H,13,14). The largest absolute Gasteiger partial charge is 0.447 e. The van der Waals surface area contributed by atoms with E-state index in [0.717, 1.165) is 11.8 Å². The number of carbonyl (C=O) groups excluding carboxylic acids is 1. The molecule has 1 amide bonds. The summed E-state index contributed by atoms with van der Waals surface area (Å²) < 4.78 is 27.4. The highest BCUT2D eigenvalue weighted by atomic mass is 32.2. The van der Waals surface area contributed by atoms with E-state index in [4.69, 9.17) is 4.74 Å². The highest BCUT2D eigenvalue weighted by molar-refractivity contribution is 7.90. The first kappa shape index (κ1) is 14.5. The van der Waals surface area contributed by atoms with Gasteiger partial charge in [0.05, 0.1) is 11.0 Å². The molecule has 18 heavy (non-hydrogen) atoms. The number of carbonyl (C=O) groups is 1. The summed E-state index contributed by atoms with van der Waals surface area (Å²) in [6, 6.07) is 6.35. The second-order valence-electron chi connectivity index (χ2n) is 4.22. The molecule has 0 atom stereocenters. The van der Waals surface area contributed by atoms with Crippen molar-refractivity contribution in [2.24, 2.45) is 0 Å². The lowest BCUT2D eigenvalue weighted by Crippen LogP contribution is -2.26. The van der Waals surface area contributed by atoms with Crippen LogP contribution in [-0.4, -0.2) is 26.9 Å². The van der Waals surface area contributed by atoms with E-state index in [2.05, 4.69) is 5.32 Å². The molecule has 0 spiro atoms. The van der Waals surface area contributed by atoms with Crippen molar-refractivity contribution in [2.75, 3.05) is 6.26 Å². The van der Waals surface area contributed by atoms with Crippen LogP contribution in [0.25, 0.3) is 0 Å². The SMILES string of the molecule is CC(C)OC(=O)NCc1ccc(S(C)(=O)=O)cc1. The Hall–Kier alpha value is -1.56. The summed E-state index contributed by atoms with van der Waals surface area (Å²) in [7, 11) is -3.18. The van der Waals surface area contributed by atoms with Crippen LogP contribution in [0, 0.1) is 0 Å². The van der Waals surface area contributed by atoms with Crippen molar-refractivity contribution in [2.45, 2.75) is 31.4 Å². The molecule has 1 aromatic carbocycles. The first-order chi connectivity index (χ1) is 8.29. The van der Waals surface area contributed by atoms with Crippen LogP contribution in [0.15, 0.2) is 29.2 Å². The first-order valence-electron chi connectivity index (χ1n) is 5.52. The van der Waals surface area contributed by atoms with Gasteiger partial charge in [0.1, 0.15) is 0 Å². The van der Waals surface area contributed by atoms with Gasteiger partial charge < -0.3 is 10.1 Å². The van der Waals surface area contributed by atoms with Crippen molar-refractivity contribution >= 4 is 15.9 Å². The zero-order valence-electron chi connectivity index (χ0n) is 10.6. The van der Waals surface area contributed by atoms with Gasteiger partial charge in [-0.2, -0.15) is 0 Å². The summed E-state index contributed by atoms with van der Waals surface area (Å²) in [5.74, 6) is 0. The lowest BCUT2D eigenvalue weighted by molar-refractivity contribution is 0.115. The second-order valence-corrected chi connectivity index (χ2v) is 6.24. The zero-order chi connectivity index (χ0) is 13.8. The van der Waals surface area contributed by atoms with Crippen LogP contribution in [0.2, 0.25) is 0 Å². The van der Waals surface area contributed by atoms with E-state index in [1.807, 2.05) is 0 Å². The Labute approximate surface area is 107 Å². The molecule has 1 rings (SSSR count). The topological polar surface area (TPSA) is 72.5 Å². The fourth-order valence-corrected chi connectivity index (χ4v) is 1.91. The molecule has 0 aliphatic carbocycles. The minimum absolute atomic E-state index is 0.169. The highest BCUT2D eigenvalue weighted by Gasteiger charge is 2.07. The summed E-state index contributed by atoms with van der Waals surface area (Å²) in [5.41, 5.74) is 0.808. The van der Waals surface area contributed by atoms with E-state index < -0.39 is 15.9 Å². The van der Waals surface area contributed by atoms with Crippen LogP contribution < -0.4 is 5.32 Å². The molecule has 0 fully saturated rings. The third-order valence-corrected chi connectivity index (χ3v) is 3.26. The first-order valence-corrected chi connectivity index (χ1v) is 7.41. The van der Waals surface area contributed by atoms with E-state index in [1.54, 1.807) is 26.0 Å². The maximum Gasteiger partial charge on any atom is 0.407 e. The molecule has 0 saturated heterocycles. The molecule has 0 heterocycles. The van der Waals surface area contributed by atoms with Crippen LogP contribution >= 0.6 is 0 Å². The number of nitrogens with one attached hydrogen (secondary N) is 1. The van der Waals surface area contributed by atoms with Crippen molar-refractivity contribution in [3.05, 3.63) is 29.8 Å². The summed E-state index contributed by atoms with van der Waals surface area (Å²) in [6.07, 6.45) is 0.495. The maximum absolute atomic E-state index is 11.2. The minimum atomic E-state index is -3.18. The van der Waals surface area contributed by atoms with Crippen molar-refractivity contribution in [1.29, 1.82) is 0 Å². The average Bonchev–Trinajstić information content (AvgIpc) is 2.25. The second kappa shape index (κ2) is 5.86. The van der Waals surface area contributed by atoms with Gasteiger partial charge in [-0.3, -0.25) is 0 Å². The molecule has 0 aromatic heterocycles. The van der Waals surface area contributed by atoms with Gasteiger partial charge in [-0.15, -0.1) is 0 Å². The summed E-state index contributed by atoms with van der Waals surface area (Å²) in [4.78, 5) is 11.5. The number of benzene rings is 1. The van der Waals surface area contributed by atoms with Crippen LogP contribution in [0.3, 0.4) is 0 Å². The van der Waals surface area contributed by atoms with Gasteiger partial charge >= 0.3 is 6.09 Å². The quantitative estimate of drug-likeness (QED) is 0.905. The van der Waals surface area contributed by atoms with E-state index in [-0.39, 0.29) is 11.0 Å². The van der Waals surface area contributed by atoms with Crippen LogP contribution in [0.4, 0.5) is 4.79 Å². The van der Waals surface area contributed by atoms with Crippen molar-refractivity contribution in [3.8, 4) is 0 Å². The number of rotatable bonds is 4. The van der Waals surface area contributed by atoms with Gasteiger partial charge in [0.15, 0.2) is 9.84 Å². The predicted molar refractivity (Wildman–Crippen MR) is 68.0 cm³/mol. The normalized spacial score (nSPS) is 11.3. The third kappa shape index (κ3) is 4.75. The van der Waals surface area contributed by atoms with E-state index in [1.165, 1.54) is 12.1 Å². The monoisotopic (exact) mass is 271 g/mol. The van der Waals surface area contributed by atoms with Crippen molar-refractivity contribution < 1.29 is 17.9 Å². The lowest BCUT2D eigenvalue weighted by atomic mass is 10.2. The molecule has 0 saturated carbocycles. The molecule has 0 unspecified atom stereocenters. The molecule has 0 aliphatic heterocycles. The Kier molecular flexibility index (Phi) is 4.72. The van der Waals surface area contributed by atoms with Gasteiger partial charge in [-0.05, 0) is 31.5 Å². The Balaban J connectivity index is 2.57. The van der Waals surface area contributed by atoms with Crippen LogP contribution in [-0.2, 0) is 21.1 Å². The number of amides is 1. The molecule has 6 heteroatoms. The molecule has 0 bridgehead atoms. The maximum atomic E-state index is 11.2. The highest BCUT2D eigenvalue weighted by Crippen LogP contribution is 2.10. The van der Waals surface area contributed by atoms with E-state index in [9.17, 15) is 13.2 Å². The van der Waals surface area contributed by atoms with Gasteiger partial charge in [-0.25, -0.2) is 13.2 Å². The lowest BCUT2D eigenvalue weighted by Gasteiger charge is -2.09. The molecule has 1 N–H and O–H groups in total. The fourth-order valence-electron chi connectivity index (χ4n) is 1.28. The fraction of sp³-hybridized carbons (Fsp3) is 0.417. The summed E-state index contributed by atoms with van der Waals surface area (Å²) >= 11 is 0. The number of alkyl carbamates (subject to hydrolysis) is 1. The zero-order valence-corrected chi connectivity index (χ0v) is 11.5. The number of sulfone groups is 1. The Morgan fingerprint density at radius 3 is 2.28 bits per heavy atom. The molecular weight excluding hydrogens is 254 g/mol. The summed E-state index contributed by atoms with van der Waals surface area (Å²) in [6.45, 7) is 3.83. The van der Waals surface area contributed by atoms with Gasteiger partial charge in [-0.1, -0.05) is 12.1 Å². The smallest absolute Gasteiger partial charge is 0.407 e. The van der Waals surface area contributed by atoms with Gasteiger partial charge in [0, 0.05) is 12.8 Å². The number of ether oxygens (including phenoxy) is 1. The Morgan fingerprint density at radius 2 is 1.83 bits per heavy atom. The molecule has 5 nitrogen and oxygen atoms in total. The average molecular weight is 271 g/mol. The predicted octanol–water partition coefficient (Wildman–Crippen LogP) is 1.72. The minimum Gasteiger partial charge on any atom is -0.447 e. The van der Waals surface area contributed by atoms with Crippen molar-refractivity contribution in [3.63, 3.8) is 0 Å². The van der Waals surface area contributed by atoms with Crippen molar-refractivity contribution in [1.82, 2.24) is 5.32 Å². The molecular formula is C12H17NO4S.